The van der Waals surface area contributed by atoms with Gasteiger partial charge in [-0.2, -0.15) is 0 Å². The Labute approximate surface area is 127 Å². The van der Waals surface area contributed by atoms with Gasteiger partial charge in [-0.15, -0.1) is 11.3 Å². The van der Waals surface area contributed by atoms with Crippen molar-refractivity contribution in [1.29, 1.82) is 0 Å². The molecule has 1 heterocycles. The van der Waals surface area contributed by atoms with E-state index in [1.807, 2.05) is 24.4 Å². The third kappa shape index (κ3) is 3.47. The van der Waals surface area contributed by atoms with Crippen LogP contribution >= 0.6 is 11.3 Å². The minimum atomic E-state index is 0.0116. The van der Waals surface area contributed by atoms with Gasteiger partial charge in [-0.05, 0) is 29.7 Å². The van der Waals surface area contributed by atoms with Crippen LogP contribution in [0, 0.1) is 6.92 Å². The quantitative estimate of drug-likeness (QED) is 0.785. The number of hydrogen-bond donors (Lipinski definition) is 1. The summed E-state index contributed by atoms with van der Waals surface area (Å²) in [7, 11) is 0. The van der Waals surface area contributed by atoms with Gasteiger partial charge in [-0.25, -0.2) is 4.98 Å². The molecule has 0 unspecified atom stereocenters. The highest BCUT2D eigenvalue weighted by Gasteiger charge is 2.06. The second-order valence-electron chi connectivity index (χ2n) is 5.02. The maximum Gasteiger partial charge on any atom is 0.226 e. The van der Waals surface area contributed by atoms with Gasteiger partial charge in [0.05, 0.1) is 5.69 Å². The van der Waals surface area contributed by atoms with Gasteiger partial charge in [-0.1, -0.05) is 42.5 Å². The SMILES string of the molecule is Cc1csc(NC(=O)CCc2ccc3ccccc3c2)n1. The summed E-state index contributed by atoms with van der Waals surface area (Å²) >= 11 is 1.46. The molecule has 0 aliphatic carbocycles. The van der Waals surface area contributed by atoms with Crippen molar-refractivity contribution in [1.82, 2.24) is 4.98 Å². The second-order valence-corrected chi connectivity index (χ2v) is 5.88. The average molecular weight is 296 g/mol. The number of rotatable bonds is 4. The Bertz CT molecular complexity index is 779. The number of amides is 1. The normalized spacial score (nSPS) is 10.7. The molecule has 0 bridgehead atoms. The number of thiazole rings is 1. The van der Waals surface area contributed by atoms with Crippen molar-refractivity contribution in [2.75, 3.05) is 5.32 Å². The van der Waals surface area contributed by atoms with Gasteiger partial charge in [0.2, 0.25) is 5.91 Å². The number of nitrogens with one attached hydrogen (secondary N) is 1. The molecule has 2 aromatic carbocycles. The molecule has 0 atom stereocenters. The summed E-state index contributed by atoms with van der Waals surface area (Å²) in [6, 6.07) is 14.6. The average Bonchev–Trinajstić information content (AvgIpc) is 2.90. The van der Waals surface area contributed by atoms with E-state index in [4.69, 9.17) is 0 Å². The Balaban J connectivity index is 1.61. The second kappa shape index (κ2) is 6.06. The van der Waals surface area contributed by atoms with Gasteiger partial charge in [0, 0.05) is 11.8 Å². The predicted octanol–water partition coefficient (Wildman–Crippen LogP) is 4.18. The van der Waals surface area contributed by atoms with Crippen LogP contribution in [0.25, 0.3) is 10.8 Å². The molecule has 106 valence electrons. The Morgan fingerprint density at radius 3 is 2.76 bits per heavy atom. The zero-order valence-electron chi connectivity index (χ0n) is 11.8. The zero-order chi connectivity index (χ0) is 14.7. The van der Waals surface area contributed by atoms with E-state index in [-0.39, 0.29) is 5.91 Å². The van der Waals surface area contributed by atoms with Crippen LogP contribution < -0.4 is 5.32 Å². The fourth-order valence-corrected chi connectivity index (χ4v) is 2.95. The number of aryl methyl sites for hydroxylation is 2. The molecule has 1 amide bonds. The van der Waals surface area contributed by atoms with Crippen LogP contribution in [0.4, 0.5) is 5.13 Å². The summed E-state index contributed by atoms with van der Waals surface area (Å²) in [5.74, 6) is 0.0116. The summed E-state index contributed by atoms with van der Waals surface area (Å²) in [4.78, 5) is 16.1. The molecule has 0 saturated heterocycles. The molecule has 0 aliphatic rings. The molecule has 3 rings (SSSR count). The van der Waals surface area contributed by atoms with Crippen molar-refractivity contribution < 1.29 is 4.79 Å². The van der Waals surface area contributed by atoms with Crippen molar-refractivity contribution in [3.8, 4) is 0 Å². The lowest BCUT2D eigenvalue weighted by atomic mass is 10.0. The first-order chi connectivity index (χ1) is 10.2. The van der Waals surface area contributed by atoms with E-state index in [2.05, 4.69) is 40.6 Å². The molecular weight excluding hydrogens is 280 g/mol. The van der Waals surface area contributed by atoms with E-state index in [9.17, 15) is 4.79 Å². The first kappa shape index (κ1) is 13.8. The first-order valence-electron chi connectivity index (χ1n) is 6.90. The molecule has 3 nitrogen and oxygen atoms in total. The number of aromatic nitrogens is 1. The van der Waals surface area contributed by atoms with Crippen molar-refractivity contribution in [2.24, 2.45) is 0 Å². The third-order valence-electron chi connectivity index (χ3n) is 3.32. The summed E-state index contributed by atoms with van der Waals surface area (Å²) in [5.41, 5.74) is 2.11. The molecule has 0 spiro atoms. The van der Waals surface area contributed by atoms with Crippen LogP contribution in [-0.2, 0) is 11.2 Å². The fourth-order valence-electron chi connectivity index (χ4n) is 2.25. The molecule has 4 heteroatoms. The van der Waals surface area contributed by atoms with E-state index in [1.165, 1.54) is 27.7 Å². The predicted molar refractivity (Wildman–Crippen MR) is 87.7 cm³/mol. The minimum Gasteiger partial charge on any atom is -0.302 e. The lowest BCUT2D eigenvalue weighted by Gasteiger charge is -2.04. The largest absolute Gasteiger partial charge is 0.302 e. The van der Waals surface area contributed by atoms with E-state index < -0.39 is 0 Å². The van der Waals surface area contributed by atoms with Crippen LogP contribution in [0.3, 0.4) is 0 Å². The maximum absolute atomic E-state index is 11.9. The minimum absolute atomic E-state index is 0.0116. The topological polar surface area (TPSA) is 42.0 Å². The van der Waals surface area contributed by atoms with Gasteiger partial charge in [0.25, 0.3) is 0 Å². The van der Waals surface area contributed by atoms with Crippen molar-refractivity contribution in [3.63, 3.8) is 0 Å². The smallest absolute Gasteiger partial charge is 0.226 e. The van der Waals surface area contributed by atoms with Crippen LogP contribution in [0.15, 0.2) is 47.8 Å². The Kier molecular flexibility index (Phi) is 3.97. The molecule has 0 saturated carbocycles. The van der Waals surface area contributed by atoms with Crippen LogP contribution in [0.5, 0.6) is 0 Å². The maximum atomic E-state index is 11.9. The van der Waals surface area contributed by atoms with Gasteiger partial charge >= 0.3 is 0 Å². The molecule has 0 radical (unpaired) electrons. The van der Waals surface area contributed by atoms with Crippen LogP contribution in [-0.4, -0.2) is 10.9 Å². The highest BCUT2D eigenvalue weighted by molar-refractivity contribution is 7.13. The van der Waals surface area contributed by atoms with E-state index in [0.717, 1.165) is 12.1 Å². The van der Waals surface area contributed by atoms with Crippen molar-refractivity contribution in [2.45, 2.75) is 19.8 Å². The Morgan fingerprint density at radius 1 is 1.19 bits per heavy atom. The monoisotopic (exact) mass is 296 g/mol. The number of anilines is 1. The van der Waals surface area contributed by atoms with Gasteiger partial charge < -0.3 is 5.32 Å². The van der Waals surface area contributed by atoms with Crippen LogP contribution in [0.1, 0.15) is 17.7 Å². The number of fused-ring (bicyclic) bond motifs is 1. The lowest BCUT2D eigenvalue weighted by Crippen LogP contribution is -2.12. The third-order valence-corrected chi connectivity index (χ3v) is 4.20. The van der Waals surface area contributed by atoms with Gasteiger partial charge in [0.1, 0.15) is 0 Å². The zero-order valence-corrected chi connectivity index (χ0v) is 12.6. The lowest BCUT2D eigenvalue weighted by molar-refractivity contribution is -0.116. The highest BCUT2D eigenvalue weighted by Crippen LogP contribution is 2.18. The van der Waals surface area contributed by atoms with Gasteiger partial charge in [0.15, 0.2) is 5.13 Å². The highest BCUT2D eigenvalue weighted by atomic mass is 32.1. The number of carbonyl (C=O) groups is 1. The first-order valence-corrected chi connectivity index (χ1v) is 7.78. The molecule has 21 heavy (non-hydrogen) atoms. The Hall–Kier alpha value is -2.20. The fraction of sp³-hybridized carbons (Fsp3) is 0.176. The number of benzene rings is 2. The molecule has 0 aliphatic heterocycles. The molecule has 1 N–H and O–H groups in total. The van der Waals surface area contributed by atoms with Crippen LogP contribution in [0.2, 0.25) is 0 Å². The van der Waals surface area contributed by atoms with E-state index in [1.54, 1.807) is 0 Å². The summed E-state index contributed by atoms with van der Waals surface area (Å²) < 4.78 is 0. The number of hydrogen-bond acceptors (Lipinski definition) is 3. The Morgan fingerprint density at radius 2 is 2.00 bits per heavy atom. The summed E-state index contributed by atoms with van der Waals surface area (Å²) in [6.45, 7) is 1.92. The van der Waals surface area contributed by atoms with Crippen molar-refractivity contribution >= 4 is 33.1 Å². The van der Waals surface area contributed by atoms with E-state index >= 15 is 0 Å². The summed E-state index contributed by atoms with van der Waals surface area (Å²) in [5, 5.41) is 7.88. The summed E-state index contributed by atoms with van der Waals surface area (Å²) in [6.07, 6.45) is 1.21. The number of nitrogens with zero attached hydrogens (tertiary/aromatic N) is 1. The van der Waals surface area contributed by atoms with Gasteiger partial charge in [-0.3, -0.25) is 4.79 Å². The molecule has 0 fully saturated rings. The number of carbonyl (C=O) groups excluding carboxylic acids is 1. The van der Waals surface area contributed by atoms with Crippen molar-refractivity contribution in [3.05, 3.63) is 59.1 Å². The standard InChI is InChI=1S/C17H16N2OS/c1-12-11-21-17(18-12)19-16(20)9-7-13-6-8-14-4-2-3-5-15(14)10-13/h2-6,8,10-11H,7,9H2,1H3,(H,18,19,20). The molecular formula is C17H16N2OS. The molecule has 1 aromatic heterocycles. The van der Waals surface area contributed by atoms with E-state index in [0.29, 0.717) is 11.6 Å². The molecule has 3 aromatic rings.